The van der Waals surface area contributed by atoms with Crippen LogP contribution >= 0.6 is 11.6 Å². The van der Waals surface area contributed by atoms with E-state index in [4.69, 9.17) is 16.3 Å². The van der Waals surface area contributed by atoms with E-state index in [0.29, 0.717) is 23.8 Å². The fourth-order valence-electron chi connectivity index (χ4n) is 2.65. The molecule has 1 saturated heterocycles. The number of halogens is 3. The van der Waals surface area contributed by atoms with Crippen LogP contribution < -0.4 is 10.0 Å². The molecular formula is C17H18ClF2N3O3S. The van der Waals surface area contributed by atoms with E-state index in [2.05, 4.69) is 10.0 Å². The summed E-state index contributed by atoms with van der Waals surface area (Å²) in [4.78, 5) is 13.0. The number of benzene rings is 1. The van der Waals surface area contributed by atoms with Crippen molar-refractivity contribution >= 4 is 34.6 Å². The highest BCUT2D eigenvalue weighted by atomic mass is 35.5. The molecule has 0 spiro atoms. The zero-order valence-electron chi connectivity index (χ0n) is 14.9. The van der Waals surface area contributed by atoms with Crippen molar-refractivity contribution in [1.82, 2.24) is 9.29 Å². The third-order valence-corrected chi connectivity index (χ3v) is 6.11. The maximum atomic E-state index is 13.5. The molecule has 1 aromatic heterocycles. The van der Waals surface area contributed by atoms with Gasteiger partial charge in [0, 0.05) is 24.9 Å². The molecule has 146 valence electrons. The smallest absolute Gasteiger partial charge is 0.272 e. The van der Waals surface area contributed by atoms with Crippen molar-refractivity contribution in [2.45, 2.75) is 24.3 Å². The van der Waals surface area contributed by atoms with Crippen molar-refractivity contribution in [3.63, 3.8) is 0 Å². The predicted molar refractivity (Wildman–Crippen MR) is 98.2 cm³/mol. The number of rotatable bonds is 5. The largest absolute Gasteiger partial charge is 0.593 e. The molecule has 1 amide bonds. The Morgan fingerprint density at radius 2 is 2.04 bits per heavy atom. The Morgan fingerprint density at radius 1 is 1.37 bits per heavy atom. The molecule has 10 heteroatoms. The van der Waals surface area contributed by atoms with Crippen LogP contribution in [0.4, 0.5) is 14.5 Å². The van der Waals surface area contributed by atoms with Gasteiger partial charge in [-0.05, 0) is 19.9 Å². The molecule has 3 rings (SSSR count). The molecule has 0 aliphatic carbocycles. The summed E-state index contributed by atoms with van der Waals surface area (Å²) in [5, 5.41) is 2.03. The van der Waals surface area contributed by atoms with E-state index in [9.17, 15) is 18.1 Å². The number of anilines is 1. The topological polar surface area (TPSA) is 78.3 Å². The first-order chi connectivity index (χ1) is 12.6. The van der Waals surface area contributed by atoms with Crippen molar-refractivity contribution in [2.24, 2.45) is 7.05 Å². The first-order valence-corrected chi connectivity index (χ1v) is 9.53. The van der Waals surface area contributed by atoms with Gasteiger partial charge in [0.25, 0.3) is 5.91 Å². The summed E-state index contributed by atoms with van der Waals surface area (Å²) < 4.78 is 49.1. The van der Waals surface area contributed by atoms with Crippen molar-refractivity contribution in [3.05, 3.63) is 46.2 Å². The molecule has 1 aromatic carbocycles. The van der Waals surface area contributed by atoms with Crippen LogP contribution in [0.25, 0.3) is 0 Å². The van der Waals surface area contributed by atoms with Crippen LogP contribution in [0.2, 0.25) is 5.02 Å². The number of hydrogen-bond acceptors (Lipinski definition) is 4. The van der Waals surface area contributed by atoms with Gasteiger partial charge in [0.15, 0.2) is 16.5 Å². The van der Waals surface area contributed by atoms with Crippen molar-refractivity contribution < 1.29 is 22.9 Å². The molecule has 1 atom stereocenters. The highest BCUT2D eigenvalue weighted by Crippen LogP contribution is 2.26. The van der Waals surface area contributed by atoms with Gasteiger partial charge in [-0.15, -0.1) is 4.72 Å². The standard InChI is InChI=1S/C17H18ClF2N3O3S/c1-9-14(27(25)22-17(2)7-26-8-17)6-13(23(9)3)16(24)21-10-4-11(18)15(20)12(19)5-10/h4-6,22H,7-8H2,1-3H3,(H,21,24). The highest BCUT2D eigenvalue weighted by molar-refractivity contribution is 7.89. The molecule has 2 N–H and O–H groups in total. The summed E-state index contributed by atoms with van der Waals surface area (Å²) in [6, 6.07) is 3.46. The lowest BCUT2D eigenvalue weighted by molar-refractivity contribution is -0.0523. The van der Waals surface area contributed by atoms with E-state index in [1.807, 2.05) is 6.92 Å². The van der Waals surface area contributed by atoms with Crippen LogP contribution in [0, 0.1) is 18.6 Å². The number of nitrogens with one attached hydrogen (secondary N) is 2. The molecule has 0 bridgehead atoms. The third-order valence-electron chi connectivity index (χ3n) is 4.34. The van der Waals surface area contributed by atoms with Crippen LogP contribution in [-0.4, -0.2) is 33.8 Å². The van der Waals surface area contributed by atoms with Crippen molar-refractivity contribution in [3.8, 4) is 0 Å². The molecule has 6 nitrogen and oxygen atoms in total. The molecule has 0 radical (unpaired) electrons. The third kappa shape index (κ3) is 3.97. The second-order valence-electron chi connectivity index (χ2n) is 6.67. The van der Waals surface area contributed by atoms with Crippen molar-refractivity contribution in [1.29, 1.82) is 0 Å². The maximum Gasteiger partial charge on any atom is 0.272 e. The Morgan fingerprint density at radius 3 is 2.59 bits per heavy atom. The zero-order valence-corrected chi connectivity index (χ0v) is 16.4. The predicted octanol–water partition coefficient (Wildman–Crippen LogP) is 2.92. The minimum atomic E-state index is -1.54. The quantitative estimate of drug-likeness (QED) is 0.579. The van der Waals surface area contributed by atoms with Gasteiger partial charge in [-0.25, -0.2) is 8.78 Å². The number of nitrogens with zero attached hydrogens (tertiary/aromatic N) is 1. The molecule has 1 unspecified atom stereocenters. The number of ether oxygens (including phenoxy) is 1. The number of aromatic nitrogens is 1. The van der Waals surface area contributed by atoms with Crippen LogP contribution in [0.1, 0.15) is 23.1 Å². The number of amides is 1. The fourth-order valence-corrected chi connectivity index (χ4v) is 4.15. The lowest BCUT2D eigenvalue weighted by Gasteiger charge is -2.37. The minimum Gasteiger partial charge on any atom is -0.593 e. The van der Waals surface area contributed by atoms with E-state index < -0.39 is 33.9 Å². The Hall–Kier alpha value is -1.65. The Balaban J connectivity index is 1.81. The van der Waals surface area contributed by atoms with E-state index in [1.165, 1.54) is 6.07 Å². The molecule has 1 fully saturated rings. The van der Waals surface area contributed by atoms with E-state index in [1.54, 1.807) is 18.5 Å². The summed E-state index contributed by atoms with van der Waals surface area (Å²) >= 11 is 4.06. The van der Waals surface area contributed by atoms with Crippen LogP contribution in [0.5, 0.6) is 0 Å². The second kappa shape index (κ2) is 7.40. The number of carbonyl (C=O) groups is 1. The second-order valence-corrected chi connectivity index (χ2v) is 8.26. The molecule has 0 saturated carbocycles. The summed E-state index contributed by atoms with van der Waals surface area (Å²) in [7, 11) is 1.65. The zero-order chi connectivity index (χ0) is 19.9. The Labute approximate surface area is 163 Å². The van der Waals surface area contributed by atoms with Gasteiger partial charge < -0.3 is 19.2 Å². The maximum absolute atomic E-state index is 13.5. The lowest BCUT2D eigenvalue weighted by atomic mass is 10.0. The van der Waals surface area contributed by atoms with Gasteiger partial charge in [0.1, 0.15) is 11.2 Å². The highest BCUT2D eigenvalue weighted by Gasteiger charge is 2.39. The lowest BCUT2D eigenvalue weighted by Crippen LogP contribution is -2.59. The summed E-state index contributed by atoms with van der Waals surface area (Å²) in [6.07, 6.45) is 0. The Bertz CT molecular complexity index is 879. The fraction of sp³-hybridized carbons (Fsp3) is 0.353. The molecular weight excluding hydrogens is 400 g/mol. The average molecular weight is 418 g/mol. The van der Waals surface area contributed by atoms with Gasteiger partial charge in [-0.1, -0.05) is 11.6 Å². The van der Waals surface area contributed by atoms with Gasteiger partial charge in [0.05, 0.1) is 35.3 Å². The van der Waals surface area contributed by atoms with E-state index in [-0.39, 0.29) is 16.9 Å². The molecule has 2 heterocycles. The summed E-state index contributed by atoms with van der Waals surface area (Å²) in [5.74, 6) is -2.91. The van der Waals surface area contributed by atoms with Crippen LogP contribution in [-0.2, 0) is 23.1 Å². The minimum absolute atomic E-state index is 0.0164. The van der Waals surface area contributed by atoms with Gasteiger partial charge in [0.2, 0.25) is 0 Å². The first-order valence-electron chi connectivity index (χ1n) is 8.01. The first kappa shape index (κ1) is 20.1. The van der Waals surface area contributed by atoms with E-state index >= 15 is 0 Å². The van der Waals surface area contributed by atoms with Gasteiger partial charge in [-0.2, -0.15) is 0 Å². The molecule has 1 aliphatic rings. The normalized spacial score (nSPS) is 16.7. The van der Waals surface area contributed by atoms with Crippen LogP contribution in [0.15, 0.2) is 23.1 Å². The summed E-state index contributed by atoms with van der Waals surface area (Å²) in [6.45, 7) is 4.54. The molecule has 1 aliphatic heterocycles. The monoisotopic (exact) mass is 417 g/mol. The molecule has 2 aromatic rings. The van der Waals surface area contributed by atoms with Crippen molar-refractivity contribution in [2.75, 3.05) is 18.5 Å². The Kier molecular flexibility index (Phi) is 5.51. The van der Waals surface area contributed by atoms with Crippen LogP contribution in [0.3, 0.4) is 0 Å². The number of hydrogen-bond donors (Lipinski definition) is 2. The van der Waals surface area contributed by atoms with E-state index in [0.717, 1.165) is 12.1 Å². The average Bonchev–Trinajstić information content (AvgIpc) is 2.87. The van der Waals surface area contributed by atoms with Gasteiger partial charge >= 0.3 is 0 Å². The molecule has 27 heavy (non-hydrogen) atoms. The van der Waals surface area contributed by atoms with Gasteiger partial charge in [-0.3, -0.25) is 4.79 Å². The number of carbonyl (C=O) groups excluding carboxylic acids is 1. The summed E-state index contributed by atoms with van der Waals surface area (Å²) in [5.41, 5.74) is 0.493. The SMILES string of the molecule is Cc1c([S+]([O-])NC2(C)COC2)cc(C(=O)Nc2cc(F)c(F)c(Cl)c2)n1C.